The van der Waals surface area contributed by atoms with E-state index in [2.05, 4.69) is 5.32 Å². The van der Waals surface area contributed by atoms with Crippen molar-refractivity contribution in [3.63, 3.8) is 0 Å². The van der Waals surface area contributed by atoms with Gasteiger partial charge in [0.1, 0.15) is 12.1 Å². The summed E-state index contributed by atoms with van der Waals surface area (Å²) in [4.78, 5) is 23.7. The summed E-state index contributed by atoms with van der Waals surface area (Å²) in [5.74, 6) is -0.575. The highest BCUT2D eigenvalue weighted by molar-refractivity contribution is 6.08. The average Bonchev–Trinajstić information content (AvgIpc) is 2.67. The summed E-state index contributed by atoms with van der Waals surface area (Å²) in [5.41, 5.74) is 2.39. The molecule has 0 unspecified atom stereocenters. The van der Waals surface area contributed by atoms with Crippen molar-refractivity contribution < 1.29 is 14.0 Å². The van der Waals surface area contributed by atoms with Gasteiger partial charge in [0.05, 0.1) is 5.56 Å². The van der Waals surface area contributed by atoms with Crippen molar-refractivity contribution in [2.45, 2.75) is 18.8 Å². The van der Waals surface area contributed by atoms with Crippen LogP contribution in [-0.4, -0.2) is 19.2 Å². The van der Waals surface area contributed by atoms with Gasteiger partial charge < -0.3 is 10.1 Å². The summed E-state index contributed by atoms with van der Waals surface area (Å²) in [6.07, 6.45) is 1.71. The van der Waals surface area contributed by atoms with Crippen LogP contribution >= 0.6 is 0 Å². The van der Waals surface area contributed by atoms with Crippen molar-refractivity contribution in [2.75, 3.05) is 7.05 Å². The fourth-order valence-electron chi connectivity index (χ4n) is 3.33. The minimum atomic E-state index is -0.310. The minimum Gasteiger partial charge on any atom is -0.355 e. The van der Waals surface area contributed by atoms with Gasteiger partial charge in [0, 0.05) is 13.5 Å². The molecule has 0 aliphatic heterocycles. The molecular weight excluding hydrogens is 329 g/mol. The smallest absolute Gasteiger partial charge is 0.251 e. The Hall–Kier alpha value is -3.01. The van der Waals surface area contributed by atoms with Crippen molar-refractivity contribution in [1.82, 2.24) is 5.32 Å². The van der Waals surface area contributed by atoms with E-state index in [1.54, 1.807) is 19.2 Å². The Labute approximate surface area is 151 Å². The minimum absolute atomic E-state index is 0.113. The van der Waals surface area contributed by atoms with Gasteiger partial charge in [-0.2, -0.15) is 0 Å². The predicted molar refractivity (Wildman–Crippen MR) is 101 cm³/mol. The van der Waals surface area contributed by atoms with Crippen LogP contribution in [0.2, 0.25) is 0 Å². The van der Waals surface area contributed by atoms with Crippen molar-refractivity contribution in [1.29, 1.82) is 0 Å². The maximum absolute atomic E-state index is 13.2. The summed E-state index contributed by atoms with van der Waals surface area (Å²) in [6, 6.07) is 17.8. The fraction of sp³-hybridized carbons (Fsp3) is 0.182. The second-order valence-electron chi connectivity index (χ2n) is 6.25. The Bertz CT molecular complexity index is 935. The van der Waals surface area contributed by atoms with Crippen molar-refractivity contribution in [3.8, 4) is 0 Å². The van der Waals surface area contributed by atoms with Crippen LogP contribution in [0.4, 0.5) is 4.39 Å². The van der Waals surface area contributed by atoms with Crippen LogP contribution in [0.25, 0.3) is 10.8 Å². The molecule has 0 aliphatic rings. The standard InChI is InChI=1S/C22H20FNO2/c1-24-22(26)21-18(7-6-16-4-2-3-5-20(16)21)14-17(12-13-25)15-8-10-19(23)11-9-15/h2-11,13,17H,12,14H2,1H3,(H,24,26)/t17-/m0/s1. The third kappa shape index (κ3) is 3.64. The van der Waals surface area contributed by atoms with Crippen LogP contribution < -0.4 is 5.32 Å². The van der Waals surface area contributed by atoms with Crippen LogP contribution in [0.5, 0.6) is 0 Å². The maximum Gasteiger partial charge on any atom is 0.251 e. The third-order valence-corrected chi connectivity index (χ3v) is 4.66. The van der Waals surface area contributed by atoms with E-state index in [9.17, 15) is 14.0 Å². The van der Waals surface area contributed by atoms with Gasteiger partial charge in [-0.3, -0.25) is 4.79 Å². The highest BCUT2D eigenvalue weighted by Gasteiger charge is 2.19. The molecule has 0 spiro atoms. The molecule has 0 aromatic heterocycles. The molecule has 0 heterocycles. The molecule has 0 bridgehead atoms. The molecule has 26 heavy (non-hydrogen) atoms. The molecule has 3 nitrogen and oxygen atoms in total. The van der Waals surface area contributed by atoms with Crippen molar-refractivity contribution in [3.05, 3.63) is 83.2 Å². The number of hydrogen-bond acceptors (Lipinski definition) is 2. The number of halogens is 1. The molecule has 1 amide bonds. The molecule has 3 aromatic carbocycles. The largest absolute Gasteiger partial charge is 0.355 e. The van der Waals surface area contributed by atoms with Gasteiger partial charge in [-0.1, -0.05) is 48.5 Å². The van der Waals surface area contributed by atoms with Crippen LogP contribution in [0.3, 0.4) is 0 Å². The van der Waals surface area contributed by atoms with Crippen LogP contribution in [0.1, 0.15) is 33.8 Å². The van der Waals surface area contributed by atoms with E-state index in [-0.39, 0.29) is 17.6 Å². The van der Waals surface area contributed by atoms with E-state index in [1.807, 2.05) is 36.4 Å². The Morgan fingerprint density at radius 1 is 1.08 bits per heavy atom. The zero-order chi connectivity index (χ0) is 18.5. The second-order valence-corrected chi connectivity index (χ2v) is 6.25. The van der Waals surface area contributed by atoms with Gasteiger partial charge in [-0.05, 0) is 46.4 Å². The topological polar surface area (TPSA) is 46.2 Å². The van der Waals surface area contributed by atoms with E-state index in [1.165, 1.54) is 12.1 Å². The molecule has 3 rings (SSSR count). The van der Waals surface area contributed by atoms with E-state index >= 15 is 0 Å². The highest BCUT2D eigenvalue weighted by atomic mass is 19.1. The first-order valence-electron chi connectivity index (χ1n) is 8.56. The molecule has 0 aliphatic carbocycles. The molecule has 3 aromatic rings. The predicted octanol–water partition coefficient (Wildman–Crippen LogP) is 4.25. The zero-order valence-corrected chi connectivity index (χ0v) is 14.5. The van der Waals surface area contributed by atoms with E-state index in [0.717, 1.165) is 28.2 Å². The Morgan fingerprint density at radius 3 is 2.50 bits per heavy atom. The summed E-state index contributed by atoms with van der Waals surface area (Å²) in [5, 5.41) is 4.58. The van der Waals surface area contributed by atoms with Gasteiger partial charge >= 0.3 is 0 Å². The van der Waals surface area contributed by atoms with Crippen LogP contribution in [0.15, 0.2) is 60.7 Å². The van der Waals surface area contributed by atoms with Gasteiger partial charge in [0.25, 0.3) is 5.91 Å². The number of carbonyl (C=O) groups is 2. The molecule has 1 N–H and O–H groups in total. The molecule has 1 atom stereocenters. The number of aldehydes is 1. The second kappa shape index (κ2) is 7.91. The molecule has 0 saturated heterocycles. The van der Waals surface area contributed by atoms with E-state index < -0.39 is 0 Å². The first-order chi connectivity index (χ1) is 12.6. The number of benzene rings is 3. The zero-order valence-electron chi connectivity index (χ0n) is 14.5. The number of hydrogen-bond donors (Lipinski definition) is 1. The Kier molecular flexibility index (Phi) is 5.42. The van der Waals surface area contributed by atoms with E-state index in [0.29, 0.717) is 18.4 Å². The highest BCUT2D eigenvalue weighted by Crippen LogP contribution is 2.29. The molecule has 0 fully saturated rings. The summed E-state index contributed by atoms with van der Waals surface area (Å²) in [6.45, 7) is 0. The first-order valence-corrected chi connectivity index (χ1v) is 8.56. The van der Waals surface area contributed by atoms with Crippen LogP contribution in [-0.2, 0) is 11.2 Å². The Morgan fingerprint density at radius 2 is 1.81 bits per heavy atom. The fourth-order valence-corrected chi connectivity index (χ4v) is 3.33. The molecule has 4 heteroatoms. The first kappa shape index (κ1) is 17.8. The van der Waals surface area contributed by atoms with Crippen molar-refractivity contribution >= 4 is 23.0 Å². The maximum atomic E-state index is 13.2. The molecular formula is C22H20FNO2. The normalized spacial score (nSPS) is 11.9. The van der Waals surface area contributed by atoms with Crippen molar-refractivity contribution in [2.24, 2.45) is 0 Å². The molecule has 132 valence electrons. The third-order valence-electron chi connectivity index (χ3n) is 4.66. The summed E-state index contributed by atoms with van der Waals surface area (Å²) in [7, 11) is 1.61. The SMILES string of the molecule is CNC(=O)c1c(C[C@H](CC=O)c2ccc(F)cc2)ccc2ccccc12. The lowest BCUT2D eigenvalue weighted by Crippen LogP contribution is -2.21. The molecule has 0 radical (unpaired) electrons. The lowest BCUT2D eigenvalue weighted by Gasteiger charge is -2.18. The van der Waals surface area contributed by atoms with Gasteiger partial charge in [0.2, 0.25) is 0 Å². The number of fused-ring (bicyclic) bond motifs is 1. The lowest BCUT2D eigenvalue weighted by molar-refractivity contribution is -0.108. The van der Waals surface area contributed by atoms with Crippen LogP contribution in [0, 0.1) is 5.82 Å². The number of carbonyl (C=O) groups excluding carboxylic acids is 2. The average molecular weight is 349 g/mol. The summed E-state index contributed by atoms with van der Waals surface area (Å²) >= 11 is 0. The lowest BCUT2D eigenvalue weighted by atomic mass is 9.86. The van der Waals surface area contributed by atoms with Gasteiger partial charge in [0.15, 0.2) is 0 Å². The number of amides is 1. The number of rotatable bonds is 6. The van der Waals surface area contributed by atoms with E-state index in [4.69, 9.17) is 0 Å². The van der Waals surface area contributed by atoms with Gasteiger partial charge in [-0.15, -0.1) is 0 Å². The summed E-state index contributed by atoms with van der Waals surface area (Å²) < 4.78 is 13.2. The monoisotopic (exact) mass is 349 g/mol. The molecule has 0 saturated carbocycles. The quantitative estimate of drug-likeness (QED) is 0.676. The Balaban J connectivity index is 2.06. The number of nitrogens with one attached hydrogen (secondary N) is 1. The van der Waals surface area contributed by atoms with Gasteiger partial charge in [-0.25, -0.2) is 4.39 Å².